The molecular formula is C18H31NO3S. The maximum Gasteiger partial charge on any atom is 0.233 e. The van der Waals surface area contributed by atoms with E-state index in [2.05, 4.69) is 32.4 Å². The van der Waals surface area contributed by atoms with Crippen LogP contribution in [0.2, 0.25) is 0 Å². The number of unbranched alkanes of at least 4 members (excludes halogenated alkanes) is 1. The van der Waals surface area contributed by atoms with Gasteiger partial charge in [-0.2, -0.15) is 0 Å². The second kappa shape index (κ2) is 8.04. The summed E-state index contributed by atoms with van der Waals surface area (Å²) in [6, 6.07) is 5.09. The molecule has 0 spiro atoms. The molecule has 0 heterocycles. The highest BCUT2D eigenvalue weighted by molar-refractivity contribution is 7.92. The van der Waals surface area contributed by atoms with Crippen LogP contribution in [0.3, 0.4) is 0 Å². The molecule has 1 aromatic rings. The van der Waals surface area contributed by atoms with Crippen LogP contribution in [0.25, 0.3) is 0 Å². The lowest BCUT2D eigenvalue weighted by atomic mass is 9.87. The summed E-state index contributed by atoms with van der Waals surface area (Å²) in [5.74, 6) is 0.214. The van der Waals surface area contributed by atoms with Crippen molar-refractivity contribution in [1.82, 2.24) is 0 Å². The van der Waals surface area contributed by atoms with Gasteiger partial charge in [0, 0.05) is 0 Å². The third-order valence-corrected chi connectivity index (χ3v) is 5.57. The van der Waals surface area contributed by atoms with Crippen LogP contribution in [0.5, 0.6) is 5.75 Å². The van der Waals surface area contributed by atoms with Crippen molar-refractivity contribution in [3.8, 4) is 5.75 Å². The van der Waals surface area contributed by atoms with Gasteiger partial charge in [0.25, 0.3) is 0 Å². The van der Waals surface area contributed by atoms with E-state index in [1.54, 1.807) is 12.1 Å². The second-order valence-electron chi connectivity index (χ2n) is 7.28. The standard InChI is InChI=1S/C18H31NO3S/c1-6-8-9-14(7-2)13-23(21,22)19-16-12-15(18(3,4)5)10-11-17(16)20/h10-12,14,19-20H,6-9,13H2,1-5H3. The van der Waals surface area contributed by atoms with Crippen molar-refractivity contribution in [1.29, 1.82) is 0 Å². The number of phenols is 1. The highest BCUT2D eigenvalue weighted by Gasteiger charge is 2.21. The summed E-state index contributed by atoms with van der Waals surface area (Å²) >= 11 is 0. The van der Waals surface area contributed by atoms with Crippen LogP contribution in [-0.2, 0) is 15.4 Å². The van der Waals surface area contributed by atoms with Crippen molar-refractivity contribution in [2.75, 3.05) is 10.5 Å². The van der Waals surface area contributed by atoms with E-state index in [0.29, 0.717) is 0 Å². The van der Waals surface area contributed by atoms with Gasteiger partial charge in [-0.25, -0.2) is 8.42 Å². The highest BCUT2D eigenvalue weighted by Crippen LogP contribution is 2.31. The van der Waals surface area contributed by atoms with Gasteiger partial charge in [0.2, 0.25) is 10.0 Å². The molecule has 1 rings (SSSR count). The Bertz CT molecular complexity index is 603. The molecule has 0 amide bonds. The number of anilines is 1. The zero-order chi connectivity index (χ0) is 17.7. The maximum absolute atomic E-state index is 12.4. The van der Waals surface area contributed by atoms with Crippen LogP contribution in [0.1, 0.15) is 65.9 Å². The topological polar surface area (TPSA) is 66.4 Å². The third-order valence-electron chi connectivity index (χ3n) is 4.13. The van der Waals surface area contributed by atoms with Crippen molar-refractivity contribution in [2.45, 2.75) is 65.7 Å². The highest BCUT2D eigenvalue weighted by atomic mass is 32.2. The van der Waals surface area contributed by atoms with Crippen LogP contribution in [0.4, 0.5) is 5.69 Å². The summed E-state index contributed by atoms with van der Waals surface area (Å²) in [7, 11) is -3.47. The van der Waals surface area contributed by atoms with E-state index in [1.807, 2.05) is 13.0 Å². The Morgan fingerprint density at radius 3 is 2.39 bits per heavy atom. The Hall–Kier alpha value is -1.23. The summed E-state index contributed by atoms with van der Waals surface area (Å²) in [6.45, 7) is 10.3. The molecule has 132 valence electrons. The van der Waals surface area contributed by atoms with E-state index in [1.165, 1.54) is 0 Å². The first-order valence-corrected chi connectivity index (χ1v) is 10.1. The van der Waals surface area contributed by atoms with Gasteiger partial charge in [-0.05, 0) is 35.4 Å². The second-order valence-corrected chi connectivity index (χ2v) is 9.05. The Morgan fingerprint density at radius 2 is 1.87 bits per heavy atom. The Labute approximate surface area is 141 Å². The van der Waals surface area contributed by atoms with Crippen molar-refractivity contribution in [3.63, 3.8) is 0 Å². The molecule has 4 nitrogen and oxygen atoms in total. The predicted molar refractivity (Wildman–Crippen MR) is 97.5 cm³/mol. The van der Waals surface area contributed by atoms with Crippen molar-refractivity contribution in [2.24, 2.45) is 5.92 Å². The first-order valence-electron chi connectivity index (χ1n) is 8.43. The van der Waals surface area contributed by atoms with Gasteiger partial charge in [0.15, 0.2) is 0 Å². The number of benzene rings is 1. The average Bonchev–Trinajstić information content (AvgIpc) is 2.44. The molecule has 1 aromatic carbocycles. The lowest BCUT2D eigenvalue weighted by molar-refractivity contribution is 0.475. The molecule has 0 saturated carbocycles. The molecule has 1 atom stereocenters. The number of sulfonamides is 1. The number of phenolic OH excluding ortho intramolecular Hbond substituents is 1. The number of hydrogen-bond acceptors (Lipinski definition) is 3. The molecule has 0 saturated heterocycles. The van der Waals surface area contributed by atoms with Gasteiger partial charge in [-0.3, -0.25) is 4.72 Å². The van der Waals surface area contributed by atoms with Gasteiger partial charge in [0.05, 0.1) is 11.4 Å². The molecular weight excluding hydrogens is 310 g/mol. The fourth-order valence-electron chi connectivity index (χ4n) is 2.50. The number of aromatic hydroxyl groups is 1. The van der Waals surface area contributed by atoms with E-state index >= 15 is 0 Å². The van der Waals surface area contributed by atoms with E-state index in [9.17, 15) is 13.5 Å². The lowest BCUT2D eigenvalue weighted by Gasteiger charge is -2.21. The maximum atomic E-state index is 12.4. The smallest absolute Gasteiger partial charge is 0.233 e. The Balaban J connectivity index is 2.92. The largest absolute Gasteiger partial charge is 0.506 e. The molecule has 0 fully saturated rings. The molecule has 2 N–H and O–H groups in total. The van der Waals surface area contributed by atoms with Crippen molar-refractivity contribution < 1.29 is 13.5 Å². The van der Waals surface area contributed by atoms with Gasteiger partial charge in [-0.15, -0.1) is 0 Å². The van der Waals surface area contributed by atoms with Crippen LogP contribution in [0, 0.1) is 5.92 Å². The average molecular weight is 342 g/mol. The molecule has 1 unspecified atom stereocenters. The van der Waals surface area contributed by atoms with Gasteiger partial charge < -0.3 is 5.11 Å². The molecule has 23 heavy (non-hydrogen) atoms. The molecule has 0 aromatic heterocycles. The normalized spacial score (nSPS) is 13.8. The monoisotopic (exact) mass is 341 g/mol. The van der Waals surface area contributed by atoms with Crippen LogP contribution < -0.4 is 4.72 Å². The Morgan fingerprint density at radius 1 is 1.22 bits per heavy atom. The molecule has 0 bridgehead atoms. The number of hydrogen-bond donors (Lipinski definition) is 2. The van der Waals surface area contributed by atoms with E-state index < -0.39 is 10.0 Å². The first-order chi connectivity index (χ1) is 10.6. The van der Waals surface area contributed by atoms with Gasteiger partial charge >= 0.3 is 0 Å². The minimum atomic E-state index is -3.47. The minimum absolute atomic E-state index is 0.0387. The fraction of sp³-hybridized carbons (Fsp3) is 0.667. The zero-order valence-corrected chi connectivity index (χ0v) is 15.8. The zero-order valence-electron chi connectivity index (χ0n) is 15.0. The van der Waals surface area contributed by atoms with Crippen LogP contribution >= 0.6 is 0 Å². The van der Waals surface area contributed by atoms with E-state index in [0.717, 1.165) is 31.2 Å². The summed E-state index contributed by atoms with van der Waals surface area (Å²) in [6.07, 6.45) is 3.87. The molecule has 0 aliphatic carbocycles. The SMILES string of the molecule is CCCCC(CC)CS(=O)(=O)Nc1cc(C(C)(C)C)ccc1O. The Kier molecular flexibility index (Phi) is 6.93. The van der Waals surface area contributed by atoms with E-state index in [-0.39, 0.29) is 28.5 Å². The lowest BCUT2D eigenvalue weighted by Crippen LogP contribution is -2.23. The third kappa shape index (κ3) is 6.42. The summed E-state index contributed by atoms with van der Waals surface area (Å²) in [5.41, 5.74) is 1.13. The first kappa shape index (κ1) is 19.8. The molecule has 5 heteroatoms. The number of nitrogens with one attached hydrogen (secondary N) is 1. The summed E-state index contributed by atoms with van der Waals surface area (Å²) in [4.78, 5) is 0. The fourth-order valence-corrected chi connectivity index (χ4v) is 4.11. The molecule has 0 radical (unpaired) electrons. The summed E-state index contributed by atoms with van der Waals surface area (Å²) in [5, 5.41) is 9.97. The summed E-state index contributed by atoms with van der Waals surface area (Å²) < 4.78 is 27.4. The minimum Gasteiger partial charge on any atom is -0.506 e. The predicted octanol–water partition coefficient (Wildman–Crippen LogP) is 4.65. The number of rotatable bonds is 8. The van der Waals surface area contributed by atoms with Crippen molar-refractivity contribution in [3.05, 3.63) is 23.8 Å². The van der Waals surface area contributed by atoms with E-state index in [4.69, 9.17) is 0 Å². The van der Waals surface area contributed by atoms with Crippen LogP contribution in [0.15, 0.2) is 18.2 Å². The van der Waals surface area contributed by atoms with Crippen LogP contribution in [-0.4, -0.2) is 19.3 Å². The molecule has 0 aliphatic heterocycles. The quantitative estimate of drug-likeness (QED) is 0.676. The van der Waals surface area contributed by atoms with Crippen molar-refractivity contribution >= 4 is 15.7 Å². The van der Waals surface area contributed by atoms with Gasteiger partial charge in [0.1, 0.15) is 5.75 Å². The molecule has 0 aliphatic rings. The van der Waals surface area contributed by atoms with Gasteiger partial charge in [-0.1, -0.05) is 59.9 Å².